The minimum absolute atomic E-state index is 0.170. The van der Waals surface area contributed by atoms with E-state index in [4.69, 9.17) is 0 Å². The van der Waals surface area contributed by atoms with Gasteiger partial charge in [0.05, 0.1) is 12.2 Å². The number of para-hydroxylation sites is 1. The zero-order chi connectivity index (χ0) is 14.5. The molecule has 0 aromatic heterocycles. The number of halogens is 1. The standard InChI is InChI=1S/C15H22FN3O/c1-18-9-7-12(8-10-18)19(2)11-15(20)17-14-6-4-3-5-13(14)16/h3-6,12H,7-11H2,1-2H3,(H,17,20). The van der Waals surface area contributed by atoms with Crippen LogP contribution >= 0.6 is 0 Å². The molecule has 1 fully saturated rings. The first-order chi connectivity index (χ1) is 9.56. The second-order valence-electron chi connectivity index (χ2n) is 5.48. The summed E-state index contributed by atoms with van der Waals surface area (Å²) < 4.78 is 13.5. The van der Waals surface area contributed by atoms with E-state index in [0.717, 1.165) is 25.9 Å². The van der Waals surface area contributed by atoms with Gasteiger partial charge in [0.25, 0.3) is 0 Å². The number of carbonyl (C=O) groups is 1. The SMILES string of the molecule is CN1CCC(N(C)CC(=O)Nc2ccccc2F)CC1. The Balaban J connectivity index is 1.84. The van der Waals surface area contributed by atoms with E-state index in [1.54, 1.807) is 18.2 Å². The number of benzene rings is 1. The van der Waals surface area contributed by atoms with Crippen molar-refractivity contribution < 1.29 is 9.18 Å². The molecule has 1 aromatic rings. The predicted molar refractivity (Wildman–Crippen MR) is 78.2 cm³/mol. The van der Waals surface area contributed by atoms with Crippen molar-refractivity contribution in [1.82, 2.24) is 9.80 Å². The van der Waals surface area contributed by atoms with E-state index in [0.29, 0.717) is 12.6 Å². The van der Waals surface area contributed by atoms with Gasteiger partial charge < -0.3 is 10.2 Å². The zero-order valence-electron chi connectivity index (χ0n) is 12.1. The first-order valence-corrected chi connectivity index (χ1v) is 6.99. The van der Waals surface area contributed by atoms with Gasteiger partial charge in [0.2, 0.25) is 5.91 Å². The lowest BCUT2D eigenvalue weighted by atomic mass is 10.0. The van der Waals surface area contributed by atoms with Crippen LogP contribution in [-0.4, -0.2) is 55.5 Å². The molecule has 2 rings (SSSR count). The fraction of sp³-hybridized carbons (Fsp3) is 0.533. The highest BCUT2D eigenvalue weighted by Gasteiger charge is 2.22. The number of carbonyl (C=O) groups excluding carboxylic acids is 1. The van der Waals surface area contributed by atoms with Crippen molar-refractivity contribution in [3.63, 3.8) is 0 Å². The Bertz CT molecular complexity index is 458. The van der Waals surface area contributed by atoms with Gasteiger partial charge >= 0.3 is 0 Å². The Morgan fingerprint density at radius 3 is 2.70 bits per heavy atom. The topological polar surface area (TPSA) is 35.6 Å². The molecule has 1 amide bonds. The lowest BCUT2D eigenvalue weighted by Crippen LogP contribution is -2.44. The van der Waals surface area contributed by atoms with E-state index in [9.17, 15) is 9.18 Å². The fourth-order valence-corrected chi connectivity index (χ4v) is 2.54. The van der Waals surface area contributed by atoms with E-state index in [-0.39, 0.29) is 11.6 Å². The van der Waals surface area contributed by atoms with E-state index >= 15 is 0 Å². The summed E-state index contributed by atoms with van der Waals surface area (Å²) in [5.74, 6) is -0.570. The largest absolute Gasteiger partial charge is 0.322 e. The second kappa shape index (κ2) is 6.81. The summed E-state index contributed by atoms with van der Waals surface area (Å²) in [6, 6.07) is 6.66. The first-order valence-electron chi connectivity index (χ1n) is 6.99. The van der Waals surface area contributed by atoms with Crippen molar-refractivity contribution in [2.45, 2.75) is 18.9 Å². The van der Waals surface area contributed by atoms with Crippen LogP contribution in [0.15, 0.2) is 24.3 Å². The van der Waals surface area contributed by atoms with Crippen LogP contribution in [0.2, 0.25) is 0 Å². The molecule has 0 radical (unpaired) electrons. The Morgan fingerprint density at radius 2 is 2.05 bits per heavy atom. The van der Waals surface area contributed by atoms with Crippen LogP contribution in [0.3, 0.4) is 0 Å². The fourth-order valence-electron chi connectivity index (χ4n) is 2.54. The molecule has 1 saturated heterocycles. The predicted octanol–water partition coefficient (Wildman–Crippen LogP) is 1.79. The third kappa shape index (κ3) is 4.02. The smallest absolute Gasteiger partial charge is 0.238 e. The second-order valence-corrected chi connectivity index (χ2v) is 5.48. The lowest BCUT2D eigenvalue weighted by Gasteiger charge is -2.34. The Kier molecular flexibility index (Phi) is 5.09. The summed E-state index contributed by atoms with van der Waals surface area (Å²) in [5, 5.41) is 2.62. The Morgan fingerprint density at radius 1 is 1.40 bits per heavy atom. The number of piperidine rings is 1. The van der Waals surface area contributed by atoms with E-state index in [2.05, 4.69) is 22.2 Å². The number of rotatable bonds is 4. The van der Waals surface area contributed by atoms with Crippen molar-refractivity contribution in [3.8, 4) is 0 Å². The molecule has 1 heterocycles. The number of hydrogen-bond acceptors (Lipinski definition) is 3. The molecule has 1 aliphatic rings. The molecule has 0 spiro atoms. The highest BCUT2D eigenvalue weighted by Crippen LogP contribution is 2.15. The number of anilines is 1. The minimum atomic E-state index is -0.400. The van der Waals surface area contributed by atoms with Crippen LogP contribution < -0.4 is 5.32 Å². The zero-order valence-corrected chi connectivity index (χ0v) is 12.1. The maximum atomic E-state index is 13.5. The van der Waals surface area contributed by atoms with Crippen molar-refractivity contribution in [2.24, 2.45) is 0 Å². The molecule has 0 bridgehead atoms. The van der Waals surface area contributed by atoms with Crippen LogP contribution in [0.1, 0.15) is 12.8 Å². The number of nitrogens with one attached hydrogen (secondary N) is 1. The van der Waals surface area contributed by atoms with Gasteiger partial charge in [-0.15, -0.1) is 0 Å². The Hall–Kier alpha value is -1.46. The van der Waals surface area contributed by atoms with Crippen LogP contribution in [0.5, 0.6) is 0 Å². The highest BCUT2D eigenvalue weighted by atomic mass is 19.1. The number of likely N-dealkylation sites (tertiary alicyclic amines) is 1. The average Bonchev–Trinajstić information content (AvgIpc) is 2.42. The van der Waals surface area contributed by atoms with Crippen molar-refractivity contribution in [2.75, 3.05) is 39.0 Å². The van der Waals surface area contributed by atoms with Gasteiger partial charge in [-0.2, -0.15) is 0 Å². The van der Waals surface area contributed by atoms with Crippen LogP contribution in [0.4, 0.5) is 10.1 Å². The number of amides is 1. The molecule has 1 aromatic carbocycles. The quantitative estimate of drug-likeness (QED) is 0.912. The summed E-state index contributed by atoms with van der Waals surface area (Å²) in [6.45, 7) is 2.41. The molecular weight excluding hydrogens is 257 g/mol. The number of hydrogen-bond donors (Lipinski definition) is 1. The van der Waals surface area contributed by atoms with Gasteiger partial charge in [0.1, 0.15) is 5.82 Å². The molecule has 20 heavy (non-hydrogen) atoms. The van der Waals surface area contributed by atoms with E-state index in [1.165, 1.54) is 6.07 Å². The summed E-state index contributed by atoms with van der Waals surface area (Å²) in [5.41, 5.74) is 0.245. The molecular formula is C15H22FN3O. The van der Waals surface area contributed by atoms with Crippen molar-refractivity contribution >= 4 is 11.6 Å². The maximum Gasteiger partial charge on any atom is 0.238 e. The first kappa shape index (κ1) is 14.9. The maximum absolute atomic E-state index is 13.5. The average molecular weight is 279 g/mol. The summed E-state index contributed by atoms with van der Waals surface area (Å²) in [7, 11) is 4.07. The van der Waals surface area contributed by atoms with Crippen LogP contribution in [0.25, 0.3) is 0 Å². The van der Waals surface area contributed by atoms with Gasteiger partial charge in [0, 0.05) is 6.04 Å². The third-order valence-corrected chi connectivity index (χ3v) is 3.85. The highest BCUT2D eigenvalue weighted by molar-refractivity contribution is 5.92. The molecule has 5 heteroatoms. The lowest BCUT2D eigenvalue weighted by molar-refractivity contribution is -0.117. The van der Waals surface area contributed by atoms with Crippen LogP contribution in [-0.2, 0) is 4.79 Å². The molecule has 4 nitrogen and oxygen atoms in total. The summed E-state index contributed by atoms with van der Waals surface area (Å²) >= 11 is 0. The van der Waals surface area contributed by atoms with Gasteiger partial charge in [-0.1, -0.05) is 12.1 Å². The van der Waals surface area contributed by atoms with Crippen molar-refractivity contribution in [1.29, 1.82) is 0 Å². The molecule has 1 N–H and O–H groups in total. The molecule has 110 valence electrons. The third-order valence-electron chi connectivity index (χ3n) is 3.85. The summed E-state index contributed by atoms with van der Waals surface area (Å²) in [4.78, 5) is 16.3. The van der Waals surface area contributed by atoms with Crippen molar-refractivity contribution in [3.05, 3.63) is 30.1 Å². The molecule has 0 saturated carbocycles. The van der Waals surface area contributed by atoms with E-state index < -0.39 is 5.82 Å². The van der Waals surface area contributed by atoms with Crippen LogP contribution in [0, 0.1) is 5.82 Å². The normalized spacial score (nSPS) is 17.4. The van der Waals surface area contributed by atoms with Gasteiger partial charge in [-0.05, 0) is 52.2 Å². The molecule has 0 aliphatic carbocycles. The minimum Gasteiger partial charge on any atom is -0.322 e. The van der Waals surface area contributed by atoms with E-state index in [1.807, 2.05) is 7.05 Å². The molecule has 1 aliphatic heterocycles. The molecule has 0 unspecified atom stereocenters. The number of nitrogens with zero attached hydrogens (tertiary/aromatic N) is 2. The van der Waals surface area contributed by atoms with Gasteiger partial charge in [0.15, 0.2) is 0 Å². The Labute approximate surface area is 119 Å². The monoisotopic (exact) mass is 279 g/mol. The van der Waals surface area contributed by atoms with Gasteiger partial charge in [-0.3, -0.25) is 9.69 Å². The molecule has 0 atom stereocenters. The van der Waals surface area contributed by atoms with Gasteiger partial charge in [-0.25, -0.2) is 4.39 Å². The number of likely N-dealkylation sites (N-methyl/N-ethyl adjacent to an activating group) is 1. The summed E-state index contributed by atoms with van der Waals surface area (Å²) in [6.07, 6.45) is 2.14.